The minimum absolute atomic E-state index is 0.0291. The zero-order valence-electron chi connectivity index (χ0n) is 11.8. The van der Waals surface area contributed by atoms with Crippen LogP contribution in [0.2, 0.25) is 0 Å². The Kier molecular flexibility index (Phi) is 4.63. The lowest BCUT2D eigenvalue weighted by Crippen LogP contribution is -2.22. The van der Waals surface area contributed by atoms with E-state index in [9.17, 15) is 0 Å². The first-order valence-electron chi connectivity index (χ1n) is 6.75. The van der Waals surface area contributed by atoms with Crippen LogP contribution in [0, 0.1) is 0 Å². The summed E-state index contributed by atoms with van der Waals surface area (Å²) in [4.78, 5) is 0. The molecule has 0 saturated carbocycles. The van der Waals surface area contributed by atoms with Gasteiger partial charge >= 0.3 is 0 Å². The van der Waals surface area contributed by atoms with E-state index < -0.39 is 0 Å². The van der Waals surface area contributed by atoms with E-state index in [-0.39, 0.29) is 6.04 Å². The molecule has 0 saturated heterocycles. The van der Waals surface area contributed by atoms with Gasteiger partial charge in [0.25, 0.3) is 0 Å². The molecule has 0 fully saturated rings. The van der Waals surface area contributed by atoms with E-state index in [4.69, 9.17) is 9.15 Å². The summed E-state index contributed by atoms with van der Waals surface area (Å²) >= 11 is 0. The minimum atomic E-state index is 0.0291. The van der Waals surface area contributed by atoms with E-state index in [1.807, 2.05) is 30.3 Å². The molecule has 1 N–H and O–H groups in total. The molecular weight excluding hydrogens is 238 g/mol. The SMILES string of the molecule is CCNC(c1ccc(CC)o1)c1ccccc1OC. The van der Waals surface area contributed by atoms with Crippen LogP contribution in [-0.2, 0) is 6.42 Å². The molecule has 0 radical (unpaired) electrons. The summed E-state index contributed by atoms with van der Waals surface area (Å²) in [7, 11) is 1.70. The van der Waals surface area contributed by atoms with Gasteiger partial charge in [0.15, 0.2) is 0 Å². The van der Waals surface area contributed by atoms with E-state index in [1.165, 1.54) is 0 Å². The minimum Gasteiger partial charge on any atom is -0.496 e. The third-order valence-electron chi connectivity index (χ3n) is 3.17. The molecule has 3 heteroatoms. The Hall–Kier alpha value is -1.74. The molecule has 0 bridgehead atoms. The van der Waals surface area contributed by atoms with Crippen LogP contribution in [0.1, 0.15) is 37.0 Å². The van der Waals surface area contributed by atoms with Crippen molar-refractivity contribution in [2.45, 2.75) is 26.3 Å². The van der Waals surface area contributed by atoms with Gasteiger partial charge in [0.1, 0.15) is 17.3 Å². The van der Waals surface area contributed by atoms with Gasteiger partial charge in [-0.3, -0.25) is 0 Å². The molecule has 19 heavy (non-hydrogen) atoms. The third kappa shape index (κ3) is 2.99. The van der Waals surface area contributed by atoms with Crippen LogP contribution in [0.4, 0.5) is 0 Å². The number of para-hydroxylation sites is 1. The van der Waals surface area contributed by atoms with Crippen LogP contribution < -0.4 is 10.1 Å². The normalized spacial score (nSPS) is 12.4. The molecule has 3 nitrogen and oxygen atoms in total. The topological polar surface area (TPSA) is 34.4 Å². The standard InChI is InChI=1S/C16H21NO2/c1-4-12-10-11-15(19-12)16(17-5-2)13-8-6-7-9-14(13)18-3/h6-11,16-17H,4-5H2,1-3H3. The maximum atomic E-state index is 5.88. The van der Waals surface area contributed by atoms with Gasteiger partial charge in [-0.05, 0) is 24.7 Å². The van der Waals surface area contributed by atoms with Crippen molar-refractivity contribution in [2.24, 2.45) is 0 Å². The Balaban J connectivity index is 2.38. The first kappa shape index (κ1) is 13.7. The molecule has 1 aromatic carbocycles. The molecule has 102 valence electrons. The Morgan fingerprint density at radius 2 is 1.95 bits per heavy atom. The molecule has 0 spiro atoms. The van der Waals surface area contributed by atoms with Gasteiger partial charge in [0, 0.05) is 12.0 Å². The number of hydrogen-bond acceptors (Lipinski definition) is 3. The van der Waals surface area contributed by atoms with Crippen molar-refractivity contribution in [3.63, 3.8) is 0 Å². The largest absolute Gasteiger partial charge is 0.496 e. The first-order chi connectivity index (χ1) is 9.30. The van der Waals surface area contributed by atoms with Crippen molar-refractivity contribution in [1.29, 1.82) is 0 Å². The molecule has 0 amide bonds. The summed E-state index contributed by atoms with van der Waals surface area (Å²) in [5.41, 5.74) is 1.10. The second-order valence-corrected chi connectivity index (χ2v) is 4.39. The third-order valence-corrected chi connectivity index (χ3v) is 3.17. The van der Waals surface area contributed by atoms with Gasteiger partial charge in [0.05, 0.1) is 13.2 Å². The molecule has 1 atom stereocenters. The number of nitrogens with one attached hydrogen (secondary N) is 1. The summed E-state index contributed by atoms with van der Waals surface area (Å²) in [5, 5.41) is 3.45. The number of ether oxygens (including phenoxy) is 1. The quantitative estimate of drug-likeness (QED) is 0.861. The fourth-order valence-corrected chi connectivity index (χ4v) is 2.21. The highest BCUT2D eigenvalue weighted by Gasteiger charge is 2.20. The van der Waals surface area contributed by atoms with Crippen LogP contribution in [0.25, 0.3) is 0 Å². The van der Waals surface area contributed by atoms with E-state index in [2.05, 4.69) is 25.2 Å². The fraction of sp³-hybridized carbons (Fsp3) is 0.375. The van der Waals surface area contributed by atoms with Crippen molar-refractivity contribution >= 4 is 0 Å². The van der Waals surface area contributed by atoms with Gasteiger partial charge in [-0.1, -0.05) is 32.0 Å². The van der Waals surface area contributed by atoms with Gasteiger partial charge in [-0.2, -0.15) is 0 Å². The molecule has 2 aromatic rings. The molecule has 0 aliphatic carbocycles. The van der Waals surface area contributed by atoms with Gasteiger partial charge in [0.2, 0.25) is 0 Å². The summed E-state index contributed by atoms with van der Waals surface area (Å²) in [5.74, 6) is 2.82. The summed E-state index contributed by atoms with van der Waals surface area (Å²) in [6, 6.07) is 12.1. The zero-order chi connectivity index (χ0) is 13.7. The van der Waals surface area contributed by atoms with Crippen molar-refractivity contribution in [2.75, 3.05) is 13.7 Å². The molecule has 0 aliphatic heterocycles. The average Bonchev–Trinajstić information content (AvgIpc) is 2.93. The van der Waals surface area contributed by atoms with Crippen molar-refractivity contribution in [1.82, 2.24) is 5.32 Å². The Bertz CT molecular complexity index is 519. The lowest BCUT2D eigenvalue weighted by molar-refractivity contribution is 0.388. The zero-order valence-corrected chi connectivity index (χ0v) is 11.8. The predicted molar refractivity (Wildman–Crippen MR) is 76.6 cm³/mol. The monoisotopic (exact) mass is 259 g/mol. The van der Waals surface area contributed by atoms with Crippen molar-refractivity contribution in [3.8, 4) is 5.75 Å². The summed E-state index contributed by atoms with van der Waals surface area (Å²) < 4.78 is 11.3. The molecule has 1 heterocycles. The van der Waals surface area contributed by atoms with Crippen LogP contribution >= 0.6 is 0 Å². The lowest BCUT2D eigenvalue weighted by atomic mass is 10.0. The van der Waals surface area contributed by atoms with E-state index in [0.29, 0.717) is 0 Å². The van der Waals surface area contributed by atoms with E-state index in [1.54, 1.807) is 7.11 Å². The number of aryl methyl sites for hydroxylation is 1. The van der Waals surface area contributed by atoms with Gasteiger partial charge < -0.3 is 14.5 Å². The Morgan fingerprint density at radius 3 is 2.58 bits per heavy atom. The highest BCUT2D eigenvalue weighted by Crippen LogP contribution is 2.30. The fourth-order valence-electron chi connectivity index (χ4n) is 2.21. The van der Waals surface area contributed by atoms with Gasteiger partial charge in [-0.25, -0.2) is 0 Å². The van der Waals surface area contributed by atoms with Crippen LogP contribution in [0.5, 0.6) is 5.75 Å². The first-order valence-corrected chi connectivity index (χ1v) is 6.75. The summed E-state index contributed by atoms with van der Waals surface area (Å²) in [6.45, 7) is 5.05. The molecular formula is C16H21NO2. The molecule has 1 unspecified atom stereocenters. The van der Waals surface area contributed by atoms with Crippen LogP contribution in [0.15, 0.2) is 40.8 Å². The average molecular weight is 259 g/mol. The van der Waals surface area contributed by atoms with Crippen LogP contribution in [0.3, 0.4) is 0 Å². The van der Waals surface area contributed by atoms with E-state index >= 15 is 0 Å². The predicted octanol–water partition coefficient (Wildman–Crippen LogP) is 3.55. The van der Waals surface area contributed by atoms with Crippen molar-refractivity contribution < 1.29 is 9.15 Å². The number of rotatable bonds is 6. The van der Waals surface area contributed by atoms with Gasteiger partial charge in [-0.15, -0.1) is 0 Å². The molecule has 0 aliphatic rings. The molecule has 1 aromatic heterocycles. The van der Waals surface area contributed by atoms with Crippen molar-refractivity contribution in [3.05, 3.63) is 53.5 Å². The molecule has 2 rings (SSSR count). The number of methoxy groups -OCH3 is 1. The number of benzene rings is 1. The van der Waals surface area contributed by atoms with Crippen LogP contribution in [-0.4, -0.2) is 13.7 Å². The lowest BCUT2D eigenvalue weighted by Gasteiger charge is -2.18. The smallest absolute Gasteiger partial charge is 0.125 e. The second-order valence-electron chi connectivity index (χ2n) is 4.39. The Morgan fingerprint density at radius 1 is 1.16 bits per heavy atom. The number of hydrogen-bond donors (Lipinski definition) is 1. The highest BCUT2D eigenvalue weighted by molar-refractivity contribution is 5.39. The Labute approximate surface area is 114 Å². The maximum absolute atomic E-state index is 5.88. The second kappa shape index (κ2) is 6.43. The maximum Gasteiger partial charge on any atom is 0.125 e. The van der Waals surface area contributed by atoms with E-state index in [0.717, 1.165) is 35.8 Å². The highest BCUT2D eigenvalue weighted by atomic mass is 16.5. The summed E-state index contributed by atoms with van der Waals surface area (Å²) in [6.07, 6.45) is 0.908. The number of furan rings is 1.